The van der Waals surface area contributed by atoms with E-state index < -0.39 is 0 Å². The summed E-state index contributed by atoms with van der Waals surface area (Å²) < 4.78 is 16.4. The molecule has 192 valence electrons. The summed E-state index contributed by atoms with van der Waals surface area (Å²) >= 11 is 6.68. The number of anilines is 2. The molecular weight excluding hydrogens is 509 g/mol. The number of aromatic nitrogens is 2. The van der Waals surface area contributed by atoms with Crippen LogP contribution >= 0.6 is 24.0 Å². The van der Waals surface area contributed by atoms with E-state index in [1.165, 1.54) is 22.2 Å². The fourth-order valence-corrected chi connectivity index (χ4v) is 5.89. The summed E-state index contributed by atoms with van der Waals surface area (Å²) in [4.78, 5) is 37.8. The highest BCUT2D eigenvalue weighted by atomic mass is 32.2. The lowest BCUT2D eigenvalue weighted by Gasteiger charge is -2.37. The van der Waals surface area contributed by atoms with E-state index in [4.69, 9.17) is 17.2 Å². The van der Waals surface area contributed by atoms with Gasteiger partial charge in [-0.25, -0.2) is 9.37 Å². The number of thioether (sulfide) groups is 1. The monoisotopic (exact) mass is 537 g/mol. The summed E-state index contributed by atoms with van der Waals surface area (Å²) in [7, 11) is 0. The fourth-order valence-electron chi connectivity index (χ4n) is 4.64. The number of hydrogen-bond donors (Lipinski definition) is 0. The first kappa shape index (κ1) is 25.4. The largest absolute Gasteiger partial charge is 0.366 e. The third kappa shape index (κ3) is 5.00. The first-order chi connectivity index (χ1) is 17.7. The zero-order valence-corrected chi connectivity index (χ0v) is 22.6. The van der Waals surface area contributed by atoms with Gasteiger partial charge >= 0.3 is 0 Å². The minimum absolute atomic E-state index is 0.187. The molecule has 37 heavy (non-hydrogen) atoms. The van der Waals surface area contributed by atoms with Crippen LogP contribution in [0.5, 0.6) is 0 Å². The van der Waals surface area contributed by atoms with Crippen molar-refractivity contribution >= 4 is 57.4 Å². The topological polar surface area (TPSA) is 61.2 Å². The van der Waals surface area contributed by atoms with E-state index in [-0.39, 0.29) is 23.2 Å². The molecule has 2 aliphatic heterocycles. The Labute approximate surface area is 224 Å². The molecule has 0 spiro atoms. The van der Waals surface area contributed by atoms with E-state index in [0.717, 1.165) is 5.56 Å². The number of carbonyl (C=O) groups is 1. The third-order valence-electron chi connectivity index (χ3n) is 6.45. The molecule has 2 aliphatic rings. The molecule has 0 bridgehead atoms. The summed E-state index contributed by atoms with van der Waals surface area (Å²) in [5, 5.41) is 0. The second kappa shape index (κ2) is 10.3. The molecule has 2 fully saturated rings. The predicted molar refractivity (Wildman–Crippen MR) is 152 cm³/mol. The number of benzene rings is 1. The van der Waals surface area contributed by atoms with Crippen LogP contribution in [0.1, 0.15) is 25.0 Å². The van der Waals surface area contributed by atoms with Crippen molar-refractivity contribution in [1.82, 2.24) is 14.3 Å². The summed E-state index contributed by atoms with van der Waals surface area (Å²) in [5.41, 5.74) is 2.14. The molecule has 2 aromatic heterocycles. The van der Waals surface area contributed by atoms with Gasteiger partial charge in [-0.1, -0.05) is 56.0 Å². The average molecular weight is 538 g/mol. The van der Waals surface area contributed by atoms with Crippen LogP contribution in [-0.2, 0) is 4.79 Å². The highest BCUT2D eigenvalue weighted by molar-refractivity contribution is 8.26. The van der Waals surface area contributed by atoms with Crippen LogP contribution in [-0.4, -0.2) is 57.2 Å². The number of aryl methyl sites for hydroxylation is 1. The van der Waals surface area contributed by atoms with Crippen molar-refractivity contribution in [1.29, 1.82) is 0 Å². The minimum atomic E-state index is -0.252. The van der Waals surface area contributed by atoms with Crippen LogP contribution in [0.3, 0.4) is 0 Å². The molecule has 4 heterocycles. The number of rotatable bonds is 5. The van der Waals surface area contributed by atoms with Gasteiger partial charge in [0, 0.05) is 38.9 Å². The first-order valence-corrected chi connectivity index (χ1v) is 13.5. The number of halogens is 1. The summed E-state index contributed by atoms with van der Waals surface area (Å²) in [5.74, 6) is 0.348. The Morgan fingerprint density at radius 1 is 1.08 bits per heavy atom. The van der Waals surface area contributed by atoms with Gasteiger partial charge < -0.3 is 9.80 Å². The molecule has 2 saturated heterocycles. The molecule has 7 nitrogen and oxygen atoms in total. The standard InChI is InChI=1S/C27H28FN5O2S2/c1-17(2)15-33-26(35)22(37-27(33)36)14-19-24(29-23-9-8-18(3)16-32(23)25(19)34)31-12-10-30(11-13-31)21-7-5-4-6-20(21)28/h4-9,14,16-17H,10-13,15H2,1-3H3. The van der Waals surface area contributed by atoms with Crippen molar-refractivity contribution in [3.63, 3.8) is 0 Å². The number of hydrogen-bond acceptors (Lipinski definition) is 7. The van der Waals surface area contributed by atoms with Crippen LogP contribution in [0.15, 0.2) is 52.3 Å². The van der Waals surface area contributed by atoms with Gasteiger partial charge in [0.15, 0.2) is 0 Å². The van der Waals surface area contributed by atoms with Gasteiger partial charge in [-0.3, -0.25) is 18.9 Å². The zero-order valence-electron chi connectivity index (χ0n) is 21.0. The Bertz CT molecular complexity index is 1480. The van der Waals surface area contributed by atoms with Crippen molar-refractivity contribution in [3.8, 4) is 0 Å². The van der Waals surface area contributed by atoms with Gasteiger partial charge in [0.2, 0.25) is 0 Å². The Morgan fingerprint density at radius 3 is 2.49 bits per heavy atom. The van der Waals surface area contributed by atoms with Crippen molar-refractivity contribution < 1.29 is 9.18 Å². The number of fused-ring (bicyclic) bond motifs is 1. The molecule has 0 unspecified atom stereocenters. The maximum absolute atomic E-state index is 14.4. The molecule has 5 rings (SSSR count). The summed E-state index contributed by atoms with van der Waals surface area (Å²) in [6.07, 6.45) is 3.40. The molecular formula is C27H28FN5O2S2. The quantitative estimate of drug-likeness (QED) is 0.355. The summed E-state index contributed by atoms with van der Waals surface area (Å²) in [6.45, 7) is 8.76. The first-order valence-electron chi connectivity index (χ1n) is 12.3. The van der Waals surface area contributed by atoms with E-state index in [1.54, 1.807) is 29.3 Å². The second-order valence-corrected chi connectivity index (χ2v) is 11.4. The van der Waals surface area contributed by atoms with Crippen molar-refractivity contribution in [2.24, 2.45) is 5.92 Å². The Hall–Kier alpha value is -3.24. The number of carbonyl (C=O) groups excluding carboxylic acids is 1. The molecule has 0 saturated carbocycles. The highest BCUT2D eigenvalue weighted by Gasteiger charge is 2.33. The molecule has 1 aromatic carbocycles. The van der Waals surface area contributed by atoms with Crippen LogP contribution in [0.2, 0.25) is 0 Å². The number of nitrogens with zero attached hydrogens (tertiary/aromatic N) is 5. The fraction of sp³-hybridized carbons (Fsp3) is 0.333. The zero-order chi connectivity index (χ0) is 26.3. The molecule has 1 amide bonds. The molecule has 3 aromatic rings. The van der Waals surface area contributed by atoms with E-state index in [9.17, 15) is 14.0 Å². The van der Waals surface area contributed by atoms with E-state index in [1.807, 2.05) is 48.8 Å². The molecule has 0 radical (unpaired) electrons. The Kier molecular flexibility index (Phi) is 7.04. The predicted octanol–water partition coefficient (Wildman–Crippen LogP) is 4.33. The number of thiocarbonyl (C=S) groups is 1. The summed E-state index contributed by atoms with van der Waals surface area (Å²) in [6, 6.07) is 10.5. The Morgan fingerprint density at radius 2 is 1.78 bits per heavy atom. The van der Waals surface area contributed by atoms with E-state index >= 15 is 0 Å². The van der Waals surface area contributed by atoms with Gasteiger partial charge in [0.1, 0.15) is 21.6 Å². The van der Waals surface area contributed by atoms with Crippen molar-refractivity contribution in [2.45, 2.75) is 20.8 Å². The van der Waals surface area contributed by atoms with Crippen molar-refractivity contribution in [2.75, 3.05) is 42.5 Å². The van der Waals surface area contributed by atoms with Crippen LogP contribution in [0.25, 0.3) is 11.7 Å². The minimum Gasteiger partial charge on any atom is -0.366 e. The lowest BCUT2D eigenvalue weighted by molar-refractivity contribution is -0.122. The molecule has 10 heteroatoms. The highest BCUT2D eigenvalue weighted by Crippen LogP contribution is 2.34. The third-order valence-corrected chi connectivity index (χ3v) is 7.83. The smallest absolute Gasteiger partial charge is 0.267 e. The molecule has 0 atom stereocenters. The maximum atomic E-state index is 14.4. The van der Waals surface area contributed by atoms with Crippen molar-refractivity contribution in [3.05, 3.63) is 74.8 Å². The number of amides is 1. The van der Waals surface area contributed by atoms with Crippen LogP contribution in [0.4, 0.5) is 15.9 Å². The lowest BCUT2D eigenvalue weighted by Crippen LogP contribution is -2.47. The number of piperazine rings is 1. The van der Waals surface area contributed by atoms with Gasteiger partial charge in [-0.05, 0) is 42.7 Å². The van der Waals surface area contributed by atoms with Gasteiger partial charge in [-0.2, -0.15) is 0 Å². The average Bonchev–Trinajstić information content (AvgIpc) is 3.13. The van der Waals surface area contributed by atoms with E-state index in [0.29, 0.717) is 64.7 Å². The second-order valence-electron chi connectivity index (χ2n) is 9.70. The van der Waals surface area contributed by atoms with Gasteiger partial charge in [-0.15, -0.1) is 0 Å². The lowest BCUT2D eigenvalue weighted by atomic mass is 10.2. The van der Waals surface area contributed by atoms with E-state index in [2.05, 4.69) is 0 Å². The normalized spacial score (nSPS) is 17.6. The van der Waals surface area contributed by atoms with Crippen LogP contribution < -0.4 is 15.4 Å². The maximum Gasteiger partial charge on any atom is 0.267 e. The van der Waals surface area contributed by atoms with Crippen LogP contribution in [0, 0.1) is 18.7 Å². The number of pyridine rings is 1. The number of para-hydroxylation sites is 1. The van der Waals surface area contributed by atoms with Gasteiger partial charge in [0.25, 0.3) is 11.5 Å². The molecule has 0 N–H and O–H groups in total. The SMILES string of the molecule is Cc1ccc2nc(N3CCN(c4ccccc4F)CC3)c(C=C3SC(=S)N(CC(C)C)C3=O)c(=O)n2c1. The molecule has 0 aliphatic carbocycles. The Balaban J connectivity index is 1.53. The van der Waals surface area contributed by atoms with Gasteiger partial charge in [0.05, 0.1) is 16.2 Å².